The molecule has 0 spiro atoms. The summed E-state index contributed by atoms with van der Waals surface area (Å²) in [5.74, 6) is -0.104. The third kappa shape index (κ3) is 2.93. The van der Waals surface area contributed by atoms with Gasteiger partial charge in [0.2, 0.25) is 0 Å². The maximum atomic E-state index is 13.5. The number of nitrogens with one attached hydrogen (secondary N) is 1. The summed E-state index contributed by atoms with van der Waals surface area (Å²) in [6.07, 6.45) is 0.678. The van der Waals surface area contributed by atoms with Crippen LogP contribution in [0.15, 0.2) is 18.2 Å². The summed E-state index contributed by atoms with van der Waals surface area (Å²) in [5, 5.41) is 3.80. The van der Waals surface area contributed by atoms with Crippen LogP contribution in [0.5, 0.6) is 0 Å². The number of halogens is 3. The molecule has 2 atom stereocenters. The van der Waals surface area contributed by atoms with Gasteiger partial charge in [-0.05, 0) is 24.6 Å². The molecule has 0 aliphatic carbocycles. The highest BCUT2D eigenvalue weighted by molar-refractivity contribution is 6.42. The molecule has 1 N–H and O–H groups in total. The molecule has 1 aliphatic heterocycles. The van der Waals surface area contributed by atoms with Crippen molar-refractivity contribution in [3.8, 4) is 0 Å². The summed E-state index contributed by atoms with van der Waals surface area (Å²) in [7, 11) is 0. The Morgan fingerprint density at radius 2 is 2.21 bits per heavy atom. The average molecular weight is 304 g/mol. The van der Waals surface area contributed by atoms with E-state index in [1.165, 1.54) is 0 Å². The number of carbonyl (C=O) groups excluding carboxylic acids is 1. The molecule has 2 nitrogen and oxygen atoms in total. The lowest BCUT2D eigenvalue weighted by molar-refractivity contribution is 0.0850. The number of benzene rings is 1. The quantitative estimate of drug-likeness (QED) is 0.850. The van der Waals surface area contributed by atoms with Crippen LogP contribution in [0.4, 0.5) is 4.39 Å². The van der Waals surface area contributed by atoms with Crippen molar-refractivity contribution in [1.29, 1.82) is 0 Å². The second kappa shape index (κ2) is 5.78. The van der Waals surface area contributed by atoms with Gasteiger partial charge in [0.05, 0.1) is 15.6 Å². The third-order valence-corrected chi connectivity index (χ3v) is 4.26. The van der Waals surface area contributed by atoms with E-state index in [4.69, 9.17) is 23.2 Å². The highest BCUT2D eigenvalue weighted by Gasteiger charge is 2.44. The van der Waals surface area contributed by atoms with Gasteiger partial charge in [-0.1, -0.05) is 36.5 Å². The zero-order valence-electron chi connectivity index (χ0n) is 10.7. The summed E-state index contributed by atoms with van der Waals surface area (Å²) in [6.45, 7) is 2.21. The Hall–Kier alpha value is -0.640. The van der Waals surface area contributed by atoms with Crippen molar-refractivity contribution in [2.24, 2.45) is 0 Å². The van der Waals surface area contributed by atoms with Gasteiger partial charge >= 0.3 is 0 Å². The molecule has 2 unspecified atom stereocenters. The van der Waals surface area contributed by atoms with Crippen molar-refractivity contribution >= 4 is 29.0 Å². The van der Waals surface area contributed by atoms with Crippen LogP contribution in [0.3, 0.4) is 0 Å². The Labute approximate surface area is 122 Å². The van der Waals surface area contributed by atoms with Gasteiger partial charge in [0.25, 0.3) is 0 Å². The second-order valence-electron chi connectivity index (χ2n) is 4.97. The van der Waals surface area contributed by atoms with Crippen LogP contribution in [0, 0.1) is 0 Å². The smallest absolute Gasteiger partial charge is 0.183 e. The molecule has 1 aromatic carbocycles. The standard InChI is InChI=1S/C14H16Cl2FNO/c1-2-5-14(7-10(17)8-18-14)13(19)9-3-4-11(15)12(16)6-9/h3-4,6,10,18H,2,5,7-8H2,1H3. The van der Waals surface area contributed by atoms with E-state index in [0.717, 1.165) is 6.42 Å². The van der Waals surface area contributed by atoms with E-state index < -0.39 is 11.7 Å². The largest absolute Gasteiger partial charge is 0.302 e. The van der Waals surface area contributed by atoms with Crippen molar-refractivity contribution in [2.45, 2.75) is 37.9 Å². The average Bonchev–Trinajstić information content (AvgIpc) is 2.75. The predicted molar refractivity (Wildman–Crippen MR) is 75.9 cm³/mol. The molecule has 1 saturated heterocycles. The van der Waals surface area contributed by atoms with E-state index in [-0.39, 0.29) is 18.7 Å². The molecule has 19 heavy (non-hydrogen) atoms. The van der Waals surface area contributed by atoms with Crippen molar-refractivity contribution in [3.05, 3.63) is 33.8 Å². The van der Waals surface area contributed by atoms with Crippen LogP contribution in [-0.2, 0) is 0 Å². The van der Waals surface area contributed by atoms with Gasteiger partial charge in [0.15, 0.2) is 5.78 Å². The Morgan fingerprint density at radius 1 is 1.47 bits per heavy atom. The van der Waals surface area contributed by atoms with Gasteiger partial charge in [0, 0.05) is 18.5 Å². The van der Waals surface area contributed by atoms with Gasteiger partial charge in [-0.2, -0.15) is 0 Å². The molecule has 1 aromatic rings. The second-order valence-corrected chi connectivity index (χ2v) is 5.79. The first-order valence-corrected chi connectivity index (χ1v) is 7.13. The predicted octanol–water partition coefficient (Wildman–Crippen LogP) is 4.05. The lowest BCUT2D eigenvalue weighted by Crippen LogP contribution is -2.47. The molecule has 0 aromatic heterocycles. The molecule has 0 radical (unpaired) electrons. The molecule has 1 aliphatic rings. The number of carbonyl (C=O) groups is 1. The van der Waals surface area contributed by atoms with Gasteiger partial charge in [-0.3, -0.25) is 4.79 Å². The number of ketones is 1. The minimum Gasteiger partial charge on any atom is -0.302 e. The fourth-order valence-corrected chi connectivity index (χ4v) is 2.94. The minimum absolute atomic E-state index is 0.104. The summed E-state index contributed by atoms with van der Waals surface area (Å²) >= 11 is 11.8. The van der Waals surface area contributed by atoms with Crippen molar-refractivity contribution in [2.75, 3.05) is 6.54 Å². The van der Waals surface area contributed by atoms with Gasteiger partial charge in [-0.25, -0.2) is 4.39 Å². The summed E-state index contributed by atoms with van der Waals surface area (Å²) < 4.78 is 13.5. The lowest BCUT2D eigenvalue weighted by atomic mass is 9.83. The van der Waals surface area contributed by atoms with Crippen LogP contribution in [0.25, 0.3) is 0 Å². The number of Topliss-reactive ketones (excluding diaryl/α,β-unsaturated/α-hetero) is 1. The fraction of sp³-hybridized carbons (Fsp3) is 0.500. The van der Waals surface area contributed by atoms with Gasteiger partial charge in [-0.15, -0.1) is 0 Å². The van der Waals surface area contributed by atoms with Gasteiger partial charge in [0.1, 0.15) is 6.17 Å². The topological polar surface area (TPSA) is 29.1 Å². The van der Waals surface area contributed by atoms with E-state index in [1.54, 1.807) is 18.2 Å². The molecule has 5 heteroatoms. The SMILES string of the molecule is CCCC1(C(=O)c2ccc(Cl)c(Cl)c2)CC(F)CN1. The van der Waals surface area contributed by atoms with E-state index in [1.807, 2.05) is 6.92 Å². The number of hydrogen-bond donors (Lipinski definition) is 1. The monoisotopic (exact) mass is 303 g/mol. The number of alkyl halides is 1. The summed E-state index contributed by atoms with van der Waals surface area (Å²) in [6, 6.07) is 4.79. The number of rotatable bonds is 4. The molecule has 1 fully saturated rings. The first kappa shape index (κ1) is 14.8. The molecule has 0 amide bonds. The molecule has 1 heterocycles. The van der Waals surface area contributed by atoms with E-state index >= 15 is 0 Å². The summed E-state index contributed by atoms with van der Waals surface area (Å²) in [5.41, 5.74) is -0.324. The molecular formula is C14H16Cl2FNO. The van der Waals surface area contributed by atoms with Crippen LogP contribution in [-0.4, -0.2) is 24.0 Å². The van der Waals surface area contributed by atoms with Crippen LogP contribution < -0.4 is 5.32 Å². The first-order chi connectivity index (χ1) is 8.98. The maximum Gasteiger partial charge on any atom is 0.183 e. The molecule has 2 rings (SSSR count). The van der Waals surface area contributed by atoms with E-state index in [0.29, 0.717) is 22.0 Å². The molecule has 0 bridgehead atoms. The highest BCUT2D eigenvalue weighted by Crippen LogP contribution is 2.32. The van der Waals surface area contributed by atoms with Crippen molar-refractivity contribution in [3.63, 3.8) is 0 Å². The van der Waals surface area contributed by atoms with E-state index in [9.17, 15) is 9.18 Å². The zero-order chi connectivity index (χ0) is 14.0. The van der Waals surface area contributed by atoms with Gasteiger partial charge < -0.3 is 5.32 Å². The van der Waals surface area contributed by atoms with E-state index in [2.05, 4.69) is 5.32 Å². The maximum absolute atomic E-state index is 13.5. The van der Waals surface area contributed by atoms with Crippen molar-refractivity contribution < 1.29 is 9.18 Å². The lowest BCUT2D eigenvalue weighted by Gasteiger charge is -2.27. The fourth-order valence-electron chi connectivity index (χ4n) is 2.65. The third-order valence-electron chi connectivity index (χ3n) is 3.53. The van der Waals surface area contributed by atoms with Crippen LogP contribution in [0.2, 0.25) is 10.0 Å². The zero-order valence-corrected chi connectivity index (χ0v) is 12.2. The minimum atomic E-state index is -0.974. The normalized spacial score (nSPS) is 26.6. The van der Waals surface area contributed by atoms with Crippen LogP contribution in [0.1, 0.15) is 36.5 Å². The summed E-state index contributed by atoms with van der Waals surface area (Å²) in [4.78, 5) is 12.6. The highest BCUT2D eigenvalue weighted by atomic mass is 35.5. The first-order valence-electron chi connectivity index (χ1n) is 6.37. The Balaban J connectivity index is 2.32. The Morgan fingerprint density at radius 3 is 2.74 bits per heavy atom. The van der Waals surface area contributed by atoms with Crippen molar-refractivity contribution in [1.82, 2.24) is 5.32 Å². The molecule has 104 valence electrons. The molecular weight excluding hydrogens is 288 g/mol. The number of hydrogen-bond acceptors (Lipinski definition) is 2. The molecule has 0 saturated carbocycles. The Bertz CT molecular complexity index is 490. The van der Waals surface area contributed by atoms with Crippen LogP contribution >= 0.6 is 23.2 Å². The Kier molecular flexibility index (Phi) is 4.49.